The van der Waals surface area contributed by atoms with Crippen LogP contribution in [0.25, 0.3) is 0 Å². The van der Waals surface area contributed by atoms with Gasteiger partial charge in [0.15, 0.2) is 0 Å². The molecule has 1 saturated carbocycles. The van der Waals surface area contributed by atoms with Gasteiger partial charge in [-0.05, 0) is 32.6 Å². The van der Waals surface area contributed by atoms with Crippen molar-refractivity contribution in [2.24, 2.45) is 5.92 Å². The first-order valence-electron chi connectivity index (χ1n) is 5.71. The first kappa shape index (κ1) is 12.0. The number of hydrogen-bond acceptors (Lipinski definition) is 3. The summed E-state index contributed by atoms with van der Waals surface area (Å²) in [5, 5.41) is 6.90. The van der Waals surface area contributed by atoms with Crippen LogP contribution >= 0.6 is 0 Å². The van der Waals surface area contributed by atoms with E-state index in [1.165, 1.54) is 12.8 Å². The minimum absolute atomic E-state index is 0.316. The predicted molar refractivity (Wildman–Crippen MR) is 59.5 cm³/mol. The third-order valence-electron chi connectivity index (χ3n) is 2.93. The molecule has 3 heteroatoms. The Morgan fingerprint density at radius 2 is 2.00 bits per heavy atom. The lowest BCUT2D eigenvalue weighted by atomic mass is 10.2. The van der Waals surface area contributed by atoms with E-state index in [1.54, 1.807) is 7.11 Å². The molecule has 0 saturated heterocycles. The molecule has 0 aliphatic heterocycles. The van der Waals surface area contributed by atoms with Gasteiger partial charge in [-0.2, -0.15) is 0 Å². The average molecular weight is 200 g/mol. The number of methoxy groups -OCH3 is 1. The smallest absolute Gasteiger partial charge is 0.0667 e. The van der Waals surface area contributed by atoms with Gasteiger partial charge in [-0.15, -0.1) is 0 Å². The molecule has 0 aromatic carbocycles. The monoisotopic (exact) mass is 200 g/mol. The number of hydrogen-bond donors (Lipinski definition) is 2. The highest BCUT2D eigenvalue weighted by molar-refractivity contribution is 4.83. The van der Waals surface area contributed by atoms with E-state index in [9.17, 15) is 0 Å². The zero-order chi connectivity index (χ0) is 10.4. The molecule has 2 unspecified atom stereocenters. The Morgan fingerprint density at radius 3 is 2.57 bits per heavy atom. The van der Waals surface area contributed by atoms with Gasteiger partial charge in [-0.3, -0.25) is 0 Å². The van der Waals surface area contributed by atoms with E-state index in [1.807, 2.05) is 0 Å². The first-order valence-corrected chi connectivity index (χ1v) is 5.71. The molecule has 3 nitrogen and oxygen atoms in total. The molecule has 0 radical (unpaired) electrons. The van der Waals surface area contributed by atoms with E-state index in [2.05, 4.69) is 24.5 Å². The minimum atomic E-state index is 0.316. The molecule has 14 heavy (non-hydrogen) atoms. The zero-order valence-corrected chi connectivity index (χ0v) is 9.68. The summed E-state index contributed by atoms with van der Waals surface area (Å²) in [5.41, 5.74) is 0. The fraction of sp³-hybridized carbons (Fsp3) is 1.00. The summed E-state index contributed by atoms with van der Waals surface area (Å²) in [4.78, 5) is 0. The van der Waals surface area contributed by atoms with Crippen LogP contribution in [0.15, 0.2) is 0 Å². The lowest BCUT2D eigenvalue weighted by Gasteiger charge is -2.14. The zero-order valence-electron chi connectivity index (χ0n) is 9.68. The molecule has 0 aromatic rings. The Morgan fingerprint density at radius 1 is 1.29 bits per heavy atom. The molecule has 1 rings (SSSR count). The van der Waals surface area contributed by atoms with Crippen LogP contribution in [0.4, 0.5) is 0 Å². The van der Waals surface area contributed by atoms with Gasteiger partial charge in [0.1, 0.15) is 0 Å². The van der Waals surface area contributed by atoms with Crippen LogP contribution in [0.3, 0.4) is 0 Å². The Kier molecular flexibility index (Phi) is 5.45. The third kappa shape index (κ3) is 4.94. The molecule has 0 aromatic heterocycles. The van der Waals surface area contributed by atoms with Crippen molar-refractivity contribution in [1.82, 2.24) is 10.6 Å². The highest BCUT2D eigenvalue weighted by atomic mass is 16.5. The Balaban J connectivity index is 1.83. The highest BCUT2D eigenvalue weighted by Crippen LogP contribution is 2.32. The van der Waals surface area contributed by atoms with Crippen molar-refractivity contribution < 1.29 is 4.74 Å². The quantitative estimate of drug-likeness (QED) is 0.574. The van der Waals surface area contributed by atoms with Gasteiger partial charge in [0, 0.05) is 32.8 Å². The molecule has 2 atom stereocenters. The number of ether oxygens (including phenoxy) is 1. The summed E-state index contributed by atoms with van der Waals surface area (Å²) in [6, 6.07) is 0.705. The Labute approximate surface area is 87.6 Å². The fourth-order valence-electron chi connectivity index (χ4n) is 1.54. The summed E-state index contributed by atoms with van der Waals surface area (Å²) in [6.07, 6.45) is 3.15. The van der Waals surface area contributed by atoms with E-state index in [4.69, 9.17) is 4.74 Å². The van der Waals surface area contributed by atoms with Gasteiger partial charge in [-0.1, -0.05) is 0 Å². The van der Waals surface area contributed by atoms with E-state index in [-0.39, 0.29) is 0 Å². The maximum Gasteiger partial charge on any atom is 0.0667 e. The number of rotatable bonds is 8. The van der Waals surface area contributed by atoms with E-state index >= 15 is 0 Å². The lowest BCUT2D eigenvalue weighted by molar-refractivity contribution is 0.117. The van der Waals surface area contributed by atoms with Crippen molar-refractivity contribution >= 4 is 0 Å². The molecule has 0 heterocycles. The molecule has 1 aliphatic rings. The Hall–Kier alpha value is -0.120. The van der Waals surface area contributed by atoms with Crippen LogP contribution in [0, 0.1) is 5.92 Å². The van der Waals surface area contributed by atoms with Crippen molar-refractivity contribution in [2.75, 3.05) is 26.7 Å². The Bertz CT molecular complexity index is 148. The van der Waals surface area contributed by atoms with Crippen molar-refractivity contribution in [3.8, 4) is 0 Å². The van der Waals surface area contributed by atoms with Gasteiger partial charge in [0.05, 0.1) is 6.10 Å². The average Bonchev–Trinajstić information content (AvgIpc) is 2.99. The van der Waals surface area contributed by atoms with Crippen LogP contribution in [0.1, 0.15) is 26.7 Å². The SMILES string of the molecule is COC(C)CNCCNC(C)C1CC1. The van der Waals surface area contributed by atoms with Gasteiger partial charge < -0.3 is 15.4 Å². The minimum Gasteiger partial charge on any atom is -0.380 e. The van der Waals surface area contributed by atoms with E-state index < -0.39 is 0 Å². The van der Waals surface area contributed by atoms with Crippen LogP contribution in [0.2, 0.25) is 0 Å². The second kappa shape index (κ2) is 6.38. The summed E-state index contributed by atoms with van der Waals surface area (Å²) in [7, 11) is 1.75. The molecule has 0 spiro atoms. The van der Waals surface area contributed by atoms with Gasteiger partial charge in [0.2, 0.25) is 0 Å². The van der Waals surface area contributed by atoms with Crippen LogP contribution in [-0.4, -0.2) is 38.9 Å². The maximum absolute atomic E-state index is 5.14. The van der Waals surface area contributed by atoms with Crippen molar-refractivity contribution in [1.29, 1.82) is 0 Å². The largest absolute Gasteiger partial charge is 0.380 e. The van der Waals surface area contributed by atoms with Gasteiger partial charge in [0.25, 0.3) is 0 Å². The second-order valence-electron chi connectivity index (χ2n) is 4.33. The molecule has 2 N–H and O–H groups in total. The van der Waals surface area contributed by atoms with Crippen LogP contribution < -0.4 is 10.6 Å². The lowest BCUT2D eigenvalue weighted by Crippen LogP contribution is -2.36. The highest BCUT2D eigenvalue weighted by Gasteiger charge is 2.26. The second-order valence-corrected chi connectivity index (χ2v) is 4.33. The number of nitrogens with one attached hydrogen (secondary N) is 2. The molecule has 0 amide bonds. The molecule has 1 fully saturated rings. The maximum atomic E-state index is 5.14. The summed E-state index contributed by atoms with van der Waals surface area (Å²) in [6.45, 7) is 7.40. The molecular formula is C11H24N2O. The molecule has 0 bridgehead atoms. The summed E-state index contributed by atoms with van der Waals surface area (Å²) in [5.74, 6) is 0.952. The topological polar surface area (TPSA) is 33.3 Å². The normalized spacial score (nSPS) is 20.8. The van der Waals surface area contributed by atoms with Crippen molar-refractivity contribution in [3.05, 3.63) is 0 Å². The molecular weight excluding hydrogens is 176 g/mol. The standard InChI is InChI=1S/C11H24N2O/c1-9(14-3)8-12-6-7-13-10(2)11-4-5-11/h9-13H,4-8H2,1-3H3. The van der Waals surface area contributed by atoms with E-state index in [0.29, 0.717) is 12.1 Å². The van der Waals surface area contributed by atoms with E-state index in [0.717, 1.165) is 25.6 Å². The third-order valence-corrected chi connectivity index (χ3v) is 2.93. The van der Waals surface area contributed by atoms with Crippen molar-refractivity contribution in [3.63, 3.8) is 0 Å². The van der Waals surface area contributed by atoms with Gasteiger partial charge in [-0.25, -0.2) is 0 Å². The summed E-state index contributed by atoms with van der Waals surface area (Å²) < 4.78 is 5.14. The molecule has 1 aliphatic carbocycles. The van der Waals surface area contributed by atoms with Crippen LogP contribution in [-0.2, 0) is 4.74 Å². The molecule has 84 valence electrons. The van der Waals surface area contributed by atoms with Crippen molar-refractivity contribution in [2.45, 2.75) is 38.8 Å². The predicted octanol–water partition coefficient (Wildman–Crippen LogP) is 0.999. The first-order chi connectivity index (χ1) is 6.74. The van der Waals surface area contributed by atoms with Gasteiger partial charge >= 0.3 is 0 Å². The van der Waals surface area contributed by atoms with Crippen LogP contribution in [0.5, 0.6) is 0 Å². The fourth-order valence-corrected chi connectivity index (χ4v) is 1.54. The summed E-state index contributed by atoms with van der Waals surface area (Å²) >= 11 is 0.